The zero-order valence-electron chi connectivity index (χ0n) is 15.2. The number of alkyl halides is 1. The number of carbonyl (C=O) groups excluding carboxylic acids is 2. The SMILES string of the molecule is Cc1ccc(C(=O)OC[C@@H]2O[C@@H](Cl)C[C@H]2OC(=O)c2ccc(C)cc2)cc1. The predicted molar refractivity (Wildman–Crippen MR) is 101 cm³/mol. The molecule has 142 valence electrons. The van der Waals surface area contributed by atoms with E-state index in [1.165, 1.54) is 0 Å². The van der Waals surface area contributed by atoms with Crippen LogP contribution in [-0.4, -0.2) is 36.3 Å². The lowest BCUT2D eigenvalue weighted by Crippen LogP contribution is -2.32. The lowest BCUT2D eigenvalue weighted by atomic mass is 10.1. The summed E-state index contributed by atoms with van der Waals surface area (Å²) in [5.41, 5.74) is 2.42. The molecule has 3 rings (SSSR count). The molecule has 0 aromatic heterocycles. The van der Waals surface area contributed by atoms with E-state index in [9.17, 15) is 9.59 Å². The van der Waals surface area contributed by atoms with Crippen LogP contribution in [0.4, 0.5) is 0 Å². The molecule has 0 saturated carbocycles. The van der Waals surface area contributed by atoms with Gasteiger partial charge in [-0.1, -0.05) is 47.0 Å². The van der Waals surface area contributed by atoms with Gasteiger partial charge in [-0.2, -0.15) is 0 Å². The number of halogens is 1. The van der Waals surface area contributed by atoms with Gasteiger partial charge >= 0.3 is 11.9 Å². The molecule has 0 bridgehead atoms. The minimum Gasteiger partial charge on any atom is -0.459 e. The number of benzene rings is 2. The molecule has 1 fully saturated rings. The van der Waals surface area contributed by atoms with Gasteiger partial charge in [0.2, 0.25) is 0 Å². The molecule has 1 aliphatic rings. The maximum atomic E-state index is 12.3. The van der Waals surface area contributed by atoms with Crippen molar-refractivity contribution in [3.63, 3.8) is 0 Å². The van der Waals surface area contributed by atoms with Gasteiger partial charge in [0.25, 0.3) is 0 Å². The van der Waals surface area contributed by atoms with Crippen LogP contribution in [0.15, 0.2) is 48.5 Å². The molecular formula is C21H21ClO5. The second-order valence-electron chi connectivity index (χ2n) is 6.59. The number of esters is 2. The standard InChI is InChI=1S/C21H21ClO5/c1-13-3-7-15(8-4-13)20(23)25-12-18-17(11-19(22)26-18)27-21(24)16-9-5-14(2)6-10-16/h3-10,17-19H,11-12H2,1-2H3/t17-,18+,19-/m1/s1. The summed E-state index contributed by atoms with van der Waals surface area (Å²) in [6, 6.07) is 14.2. The zero-order valence-corrected chi connectivity index (χ0v) is 15.9. The van der Waals surface area contributed by atoms with E-state index in [1.54, 1.807) is 24.3 Å². The summed E-state index contributed by atoms with van der Waals surface area (Å²) in [6.45, 7) is 3.84. The largest absolute Gasteiger partial charge is 0.459 e. The van der Waals surface area contributed by atoms with Crippen molar-refractivity contribution >= 4 is 23.5 Å². The van der Waals surface area contributed by atoms with E-state index in [-0.39, 0.29) is 6.61 Å². The van der Waals surface area contributed by atoms with Crippen LogP contribution < -0.4 is 0 Å². The third-order valence-electron chi connectivity index (χ3n) is 4.37. The molecule has 3 atom stereocenters. The first-order valence-electron chi connectivity index (χ1n) is 8.73. The van der Waals surface area contributed by atoms with E-state index in [4.69, 9.17) is 25.8 Å². The molecule has 0 N–H and O–H groups in total. The lowest BCUT2D eigenvalue weighted by Gasteiger charge is -2.19. The fraction of sp³-hybridized carbons (Fsp3) is 0.333. The first-order chi connectivity index (χ1) is 12.9. The van der Waals surface area contributed by atoms with Crippen LogP contribution in [0.5, 0.6) is 0 Å². The van der Waals surface area contributed by atoms with Gasteiger partial charge in [-0.05, 0) is 38.1 Å². The predicted octanol–water partition coefficient (Wildman–Crippen LogP) is 4.04. The van der Waals surface area contributed by atoms with Crippen molar-refractivity contribution in [3.8, 4) is 0 Å². The number of carbonyl (C=O) groups is 2. The van der Waals surface area contributed by atoms with Gasteiger partial charge in [0.15, 0.2) is 0 Å². The van der Waals surface area contributed by atoms with Crippen molar-refractivity contribution in [2.45, 2.75) is 38.0 Å². The maximum absolute atomic E-state index is 12.3. The van der Waals surface area contributed by atoms with Crippen LogP contribution in [0, 0.1) is 13.8 Å². The Labute approximate surface area is 163 Å². The van der Waals surface area contributed by atoms with E-state index in [2.05, 4.69) is 0 Å². The minimum atomic E-state index is -0.601. The van der Waals surface area contributed by atoms with Gasteiger partial charge < -0.3 is 14.2 Å². The Balaban J connectivity index is 1.58. The Kier molecular flexibility index (Phi) is 6.14. The van der Waals surface area contributed by atoms with Crippen LogP contribution in [0.1, 0.15) is 38.3 Å². The van der Waals surface area contributed by atoms with Crippen LogP contribution >= 0.6 is 11.6 Å². The average molecular weight is 389 g/mol. The molecule has 1 saturated heterocycles. The molecule has 0 spiro atoms. The topological polar surface area (TPSA) is 61.8 Å². The van der Waals surface area contributed by atoms with Gasteiger partial charge in [0.1, 0.15) is 24.4 Å². The highest BCUT2D eigenvalue weighted by Crippen LogP contribution is 2.27. The van der Waals surface area contributed by atoms with Crippen LogP contribution in [-0.2, 0) is 14.2 Å². The summed E-state index contributed by atoms with van der Waals surface area (Å²) in [6.07, 6.45) is -0.838. The second kappa shape index (κ2) is 8.55. The molecule has 6 heteroatoms. The molecule has 2 aromatic carbocycles. The van der Waals surface area contributed by atoms with Gasteiger partial charge in [0.05, 0.1) is 11.1 Å². The van der Waals surface area contributed by atoms with Crippen LogP contribution in [0.2, 0.25) is 0 Å². The molecule has 1 aliphatic heterocycles. The Bertz CT molecular complexity index is 800. The Hall–Kier alpha value is -2.37. The summed E-state index contributed by atoms with van der Waals surface area (Å²) in [5, 5.41) is 0. The van der Waals surface area contributed by atoms with E-state index in [0.29, 0.717) is 17.5 Å². The normalized spacial score (nSPS) is 21.7. The molecule has 27 heavy (non-hydrogen) atoms. The molecule has 0 unspecified atom stereocenters. The summed E-state index contributed by atoms with van der Waals surface area (Å²) in [7, 11) is 0. The van der Waals surface area contributed by atoms with Crippen molar-refractivity contribution in [1.29, 1.82) is 0 Å². The number of rotatable bonds is 5. The van der Waals surface area contributed by atoms with Crippen LogP contribution in [0.25, 0.3) is 0 Å². The Morgan fingerprint density at radius 1 is 0.963 bits per heavy atom. The monoisotopic (exact) mass is 388 g/mol. The first kappa shape index (κ1) is 19.4. The van der Waals surface area contributed by atoms with Gasteiger partial charge in [-0.25, -0.2) is 9.59 Å². The minimum absolute atomic E-state index is 0.0399. The zero-order chi connectivity index (χ0) is 19.4. The van der Waals surface area contributed by atoms with E-state index >= 15 is 0 Å². The quantitative estimate of drug-likeness (QED) is 0.571. The third-order valence-corrected chi connectivity index (χ3v) is 4.65. The third kappa shape index (κ3) is 5.08. The van der Waals surface area contributed by atoms with Gasteiger partial charge in [0, 0.05) is 6.42 Å². The molecular weight excluding hydrogens is 368 g/mol. The second-order valence-corrected chi connectivity index (χ2v) is 7.08. The molecule has 5 nitrogen and oxygen atoms in total. The summed E-state index contributed by atoms with van der Waals surface area (Å²) >= 11 is 6.05. The molecule has 0 aliphatic carbocycles. The Morgan fingerprint density at radius 2 is 1.48 bits per heavy atom. The molecule has 0 radical (unpaired) electrons. The van der Waals surface area contributed by atoms with Crippen molar-refractivity contribution in [3.05, 3.63) is 70.8 Å². The molecule has 2 aromatic rings. The summed E-state index contributed by atoms with van der Waals surface area (Å²) in [4.78, 5) is 24.5. The van der Waals surface area contributed by atoms with Gasteiger partial charge in [-0.15, -0.1) is 0 Å². The van der Waals surface area contributed by atoms with Crippen molar-refractivity contribution < 1.29 is 23.8 Å². The number of hydrogen-bond acceptors (Lipinski definition) is 5. The average Bonchev–Trinajstić information content (AvgIpc) is 3.00. The van der Waals surface area contributed by atoms with E-state index in [0.717, 1.165) is 11.1 Å². The molecule has 1 heterocycles. The van der Waals surface area contributed by atoms with Crippen LogP contribution in [0.3, 0.4) is 0 Å². The van der Waals surface area contributed by atoms with Crippen molar-refractivity contribution in [2.75, 3.05) is 6.61 Å². The fourth-order valence-corrected chi connectivity index (χ4v) is 3.07. The van der Waals surface area contributed by atoms with E-state index < -0.39 is 29.7 Å². The highest BCUT2D eigenvalue weighted by atomic mass is 35.5. The molecule has 0 amide bonds. The van der Waals surface area contributed by atoms with Crippen molar-refractivity contribution in [1.82, 2.24) is 0 Å². The van der Waals surface area contributed by atoms with E-state index in [1.807, 2.05) is 38.1 Å². The smallest absolute Gasteiger partial charge is 0.338 e. The highest BCUT2D eigenvalue weighted by molar-refractivity contribution is 6.19. The fourth-order valence-electron chi connectivity index (χ4n) is 2.76. The van der Waals surface area contributed by atoms with Gasteiger partial charge in [-0.3, -0.25) is 0 Å². The first-order valence-corrected chi connectivity index (χ1v) is 9.17. The number of hydrogen-bond donors (Lipinski definition) is 0. The lowest BCUT2D eigenvalue weighted by molar-refractivity contribution is -0.0322. The highest BCUT2D eigenvalue weighted by Gasteiger charge is 2.38. The maximum Gasteiger partial charge on any atom is 0.338 e. The number of aryl methyl sites for hydroxylation is 2. The Morgan fingerprint density at radius 3 is 2.04 bits per heavy atom. The summed E-state index contributed by atoms with van der Waals surface area (Å²) < 4.78 is 16.4. The summed E-state index contributed by atoms with van der Waals surface area (Å²) in [5.74, 6) is -0.913. The number of ether oxygens (including phenoxy) is 3. The van der Waals surface area contributed by atoms with Crippen molar-refractivity contribution in [2.24, 2.45) is 0 Å².